The molecule has 8 radical (unpaired) electrons. The molecule has 15 heteroatoms. The van der Waals surface area contributed by atoms with E-state index in [1.165, 1.54) is 0 Å². The third-order valence-corrected chi connectivity index (χ3v) is 0. The molecule has 0 aromatic carbocycles. The van der Waals surface area contributed by atoms with E-state index in [0.29, 0.717) is 0 Å². The molecule has 0 aromatic rings. The van der Waals surface area contributed by atoms with Crippen LogP contribution in [-0.4, -0.2) is 140 Å². The minimum Gasteiger partial charge on any atom is -1.00 e. The maximum absolute atomic E-state index is 0. The van der Waals surface area contributed by atoms with Crippen LogP contribution in [0.3, 0.4) is 0 Å². The smallest absolute Gasteiger partial charge is 1.00 e. The van der Waals surface area contributed by atoms with Crippen LogP contribution in [0.2, 0.25) is 0 Å². The van der Waals surface area contributed by atoms with Crippen LogP contribution in [0.5, 0.6) is 0 Å². The first-order chi connectivity index (χ1) is 0. The molecule has 0 aliphatic heterocycles. The summed E-state index contributed by atoms with van der Waals surface area (Å²) in [6, 6.07) is 0. The van der Waals surface area contributed by atoms with Gasteiger partial charge >= 0.3 is 221 Å². The van der Waals surface area contributed by atoms with Gasteiger partial charge in [0.05, 0.1) is 0 Å². The van der Waals surface area contributed by atoms with Crippen molar-refractivity contribution < 1.29 is 444 Å². The van der Waals surface area contributed by atoms with Gasteiger partial charge < -0.3 is 8.56 Å². The van der Waals surface area contributed by atoms with Crippen LogP contribution in [-0.2, 0) is 96.2 Å². The van der Waals surface area contributed by atoms with Gasteiger partial charge in [-0.05, 0) is 0 Å². The van der Waals surface area contributed by atoms with Crippen molar-refractivity contribution in [2.75, 3.05) is 0 Å². The molecule has 0 aromatic heterocycles. The SMILES string of the molecule is [Ba+2].[Cd].[Cs+].[Eu].[Ga].[Gd].[H-].[H-].[H-].[H-].[H-].[H-].[Hg].[In].[Nd].[Pr].[Rb+].[Sm].[Sr+2].[Ti].[Zn]. The van der Waals surface area contributed by atoms with Gasteiger partial charge in [0.2, 0.25) is 0 Å². The van der Waals surface area contributed by atoms with Crippen molar-refractivity contribution >= 4 is 140 Å². The molecule has 0 atom stereocenters. The third kappa shape index (κ3) is 88.3. The maximum atomic E-state index is 0. The summed E-state index contributed by atoms with van der Waals surface area (Å²) in [5, 5.41) is 0. The minimum absolute atomic E-state index is 0. The summed E-state index contributed by atoms with van der Waals surface area (Å²) >= 11 is 0. The van der Waals surface area contributed by atoms with Gasteiger partial charge in [-0.3, -0.25) is 0 Å². The summed E-state index contributed by atoms with van der Waals surface area (Å²) in [6.07, 6.45) is 0. The van der Waals surface area contributed by atoms with E-state index in [4.69, 9.17) is 0 Å². The van der Waals surface area contributed by atoms with Crippen molar-refractivity contribution in [3.63, 3.8) is 0 Å². The minimum atomic E-state index is 0. The Morgan fingerprint density at radius 2 is 1.07 bits per heavy atom. The molecule has 0 amide bonds. The maximum Gasteiger partial charge on any atom is 2.00 e. The Morgan fingerprint density at radius 1 is 1.07 bits per heavy atom. The first kappa shape index (κ1) is 103. The second kappa shape index (κ2) is 94.1. The van der Waals surface area contributed by atoms with E-state index in [2.05, 4.69) is 0 Å². The summed E-state index contributed by atoms with van der Waals surface area (Å²) in [5.41, 5.74) is 0. The van der Waals surface area contributed by atoms with Crippen LogP contribution in [0, 0.1) is 212 Å². The van der Waals surface area contributed by atoms with Gasteiger partial charge in [0, 0.05) is 354 Å². The van der Waals surface area contributed by atoms with Gasteiger partial charge in [0.25, 0.3) is 0 Å². The van der Waals surface area contributed by atoms with E-state index < -0.39 is 0 Å². The molecule has 0 rings (SSSR count). The quantitative estimate of drug-likeness (QED) is 0.212. The van der Waals surface area contributed by atoms with Gasteiger partial charge in [-0.2, -0.15) is 0 Å². The Labute approximate surface area is 560 Å². The van der Waals surface area contributed by atoms with Crippen LogP contribution < -0.4 is 127 Å². The third-order valence-electron chi connectivity index (χ3n) is 0. The first-order valence-corrected chi connectivity index (χ1v) is 0. The van der Waals surface area contributed by atoms with Gasteiger partial charge in [-0.15, -0.1) is 0 Å². The molecule has 0 unspecified atom stereocenters. The number of rotatable bonds is 0. The fourth-order valence-corrected chi connectivity index (χ4v) is 0. The van der Waals surface area contributed by atoms with Gasteiger partial charge in [-0.1, -0.05) is 0 Å². The second-order valence-electron chi connectivity index (χ2n) is 0. The van der Waals surface area contributed by atoms with Crippen molar-refractivity contribution in [2.24, 2.45) is 0 Å². The molecule has 0 nitrogen and oxygen atoms in total. The van der Waals surface area contributed by atoms with E-state index in [9.17, 15) is 0 Å². The molecule has 0 aliphatic rings. The molecule has 0 saturated carbocycles. The fraction of sp³-hybridized carbons (Fsp3) is 0. The molecule has 0 aliphatic carbocycles. The molecular formula is H6BaCdCsEuGaGdHgInNdPrRbSmSrTiZn. The van der Waals surface area contributed by atoms with Gasteiger partial charge in [0.15, 0.2) is 0 Å². The summed E-state index contributed by atoms with van der Waals surface area (Å²) in [7, 11) is 0. The fourth-order valence-electron chi connectivity index (χ4n) is 0. The van der Waals surface area contributed by atoms with Crippen LogP contribution in [0.1, 0.15) is 8.56 Å². The number of hydrogen-bond acceptors (Lipinski definition) is 0. The molecular weight excluding hydrogens is 1800 g/mol. The Bertz CT molecular complexity index is 76.7. The Hall–Kier alpha value is 18.6. The standard InChI is InChI=1S/Ba.Cd.Cs.Eu.Ga.Gd.Hg.In.Nd.Pr.Rb.Sm.Sr.Ti.Zn.6H/q+2;;+1;;;;;;;;+1;;+2;;;6*-1. The molecule has 0 heterocycles. The van der Waals surface area contributed by atoms with Crippen molar-refractivity contribution in [3.05, 3.63) is 0 Å². The van der Waals surface area contributed by atoms with Crippen LogP contribution >= 0.6 is 0 Å². The predicted molar refractivity (Wildman–Crippen MR) is 29.7 cm³/mol. The van der Waals surface area contributed by atoms with Crippen molar-refractivity contribution in [2.45, 2.75) is 0 Å². The Kier molecular flexibility index (Phi) is 648. The van der Waals surface area contributed by atoms with Crippen molar-refractivity contribution in [1.29, 1.82) is 0 Å². The Balaban J connectivity index is 0. The zero-order valence-corrected chi connectivity index (χ0v) is 62.5. The first-order valence-electron chi connectivity index (χ1n) is 0. The van der Waals surface area contributed by atoms with Crippen LogP contribution in [0.4, 0.5) is 0 Å². The summed E-state index contributed by atoms with van der Waals surface area (Å²) in [5.74, 6) is 0. The largest absolute Gasteiger partial charge is 2.00 e. The molecule has 56 valence electrons. The van der Waals surface area contributed by atoms with Crippen molar-refractivity contribution in [3.8, 4) is 0 Å². The molecule has 0 fully saturated rings. The average molecular weight is 1800 g/mol. The second-order valence-corrected chi connectivity index (χ2v) is 0. The molecule has 15 heavy (non-hydrogen) atoms. The molecule has 0 bridgehead atoms. The number of hydrogen-bond donors (Lipinski definition) is 0. The molecule has 0 spiro atoms. The van der Waals surface area contributed by atoms with E-state index in [0.717, 1.165) is 0 Å². The average Bonchev–Trinajstić information content (AvgIpc) is 0. The van der Waals surface area contributed by atoms with Crippen LogP contribution in [0.25, 0.3) is 0 Å². The van der Waals surface area contributed by atoms with Crippen LogP contribution in [0.15, 0.2) is 0 Å². The van der Waals surface area contributed by atoms with E-state index >= 15 is 0 Å². The van der Waals surface area contributed by atoms with Crippen molar-refractivity contribution in [1.82, 2.24) is 0 Å². The van der Waals surface area contributed by atoms with E-state index in [-0.39, 0.29) is 584 Å². The zero-order valence-electron chi connectivity index (χ0n) is 15.4. The van der Waals surface area contributed by atoms with E-state index in [1.807, 2.05) is 0 Å². The molecule has 0 saturated heterocycles. The topological polar surface area (TPSA) is 0 Å². The monoisotopic (exact) mass is 1810 g/mol. The zero-order chi connectivity index (χ0) is 0. The normalized spacial score (nSPS) is 0. The van der Waals surface area contributed by atoms with Gasteiger partial charge in [-0.25, -0.2) is 0 Å². The summed E-state index contributed by atoms with van der Waals surface area (Å²) in [6.45, 7) is 0. The molecule has 0 N–H and O–H groups in total. The van der Waals surface area contributed by atoms with Gasteiger partial charge in [0.1, 0.15) is 0 Å². The predicted octanol–water partition coefficient (Wildman–Crippen LogP) is -6.85. The summed E-state index contributed by atoms with van der Waals surface area (Å²) < 4.78 is 0. The van der Waals surface area contributed by atoms with E-state index in [1.54, 1.807) is 0 Å². The Morgan fingerprint density at radius 3 is 1.07 bits per heavy atom. The summed E-state index contributed by atoms with van der Waals surface area (Å²) in [4.78, 5) is 0.